The van der Waals surface area contributed by atoms with E-state index in [1.54, 1.807) is 0 Å². The molecule has 4 rings (SSSR count). The topological polar surface area (TPSA) is 38.3 Å². The number of nitrogens with one attached hydrogen (secondary N) is 1. The number of carbonyl (C=O) groups is 1. The summed E-state index contributed by atoms with van der Waals surface area (Å²) in [4.78, 5) is 14.9. The molecule has 4 fully saturated rings. The van der Waals surface area contributed by atoms with Crippen molar-refractivity contribution in [2.45, 2.75) is 38.1 Å². The minimum absolute atomic E-state index is 0.452. The van der Waals surface area contributed by atoms with Gasteiger partial charge in [0, 0.05) is 6.04 Å². The third-order valence-corrected chi connectivity index (χ3v) is 4.48. The molecular formula is C11H17NO2. The lowest BCUT2D eigenvalue weighted by Gasteiger charge is -2.53. The number of carbonyl (C=O) groups excluding carboxylic acids is 1. The average molecular weight is 195 g/mol. The Morgan fingerprint density at radius 2 is 1.57 bits per heavy atom. The van der Waals surface area contributed by atoms with E-state index in [1.165, 1.54) is 32.1 Å². The van der Waals surface area contributed by atoms with E-state index >= 15 is 0 Å². The van der Waals surface area contributed by atoms with Gasteiger partial charge in [0.15, 0.2) is 0 Å². The summed E-state index contributed by atoms with van der Waals surface area (Å²) in [6.45, 7) is 0.505. The molecule has 0 aromatic heterocycles. The molecule has 4 aliphatic rings. The monoisotopic (exact) mass is 195 g/mol. The van der Waals surface area contributed by atoms with Gasteiger partial charge in [-0.15, -0.1) is 5.48 Å². The number of hydrogen-bond donors (Lipinski definition) is 1. The highest BCUT2D eigenvalue weighted by Crippen LogP contribution is 2.53. The molecule has 78 valence electrons. The molecule has 14 heavy (non-hydrogen) atoms. The van der Waals surface area contributed by atoms with Crippen LogP contribution in [0.1, 0.15) is 32.1 Å². The molecule has 0 atom stereocenters. The molecule has 0 spiro atoms. The normalized spacial score (nSPS) is 49.3. The van der Waals surface area contributed by atoms with Crippen molar-refractivity contribution in [3.8, 4) is 0 Å². The van der Waals surface area contributed by atoms with Gasteiger partial charge in [-0.3, -0.25) is 4.79 Å². The standard InChI is InChI=1S/C11H17NO2/c13-6-14-12-11-9-2-7-1-8(4-9)5-10(11)3-7/h6-12H,1-5H2. The van der Waals surface area contributed by atoms with Crippen LogP contribution in [-0.2, 0) is 9.63 Å². The number of hydrogen-bond acceptors (Lipinski definition) is 3. The Bertz CT molecular complexity index is 213. The van der Waals surface area contributed by atoms with Crippen LogP contribution in [0.25, 0.3) is 0 Å². The van der Waals surface area contributed by atoms with Gasteiger partial charge in [0.1, 0.15) is 0 Å². The lowest BCUT2D eigenvalue weighted by molar-refractivity contribution is -0.144. The molecule has 0 heterocycles. The van der Waals surface area contributed by atoms with E-state index in [2.05, 4.69) is 5.48 Å². The van der Waals surface area contributed by atoms with Gasteiger partial charge >= 0.3 is 6.47 Å². The Kier molecular flexibility index (Phi) is 2.01. The molecule has 4 aliphatic carbocycles. The minimum atomic E-state index is 0.452. The van der Waals surface area contributed by atoms with E-state index in [-0.39, 0.29) is 0 Å². The van der Waals surface area contributed by atoms with Crippen LogP contribution in [0.15, 0.2) is 0 Å². The molecule has 0 aromatic carbocycles. The van der Waals surface area contributed by atoms with Crippen molar-refractivity contribution in [1.82, 2.24) is 5.48 Å². The molecule has 0 aromatic rings. The van der Waals surface area contributed by atoms with Gasteiger partial charge in [0.25, 0.3) is 0 Å². The maximum atomic E-state index is 10.2. The Morgan fingerprint density at radius 3 is 2.07 bits per heavy atom. The van der Waals surface area contributed by atoms with Gasteiger partial charge in [0.2, 0.25) is 0 Å². The molecule has 0 amide bonds. The first-order valence-electron chi connectivity index (χ1n) is 5.71. The highest BCUT2D eigenvalue weighted by Gasteiger charge is 2.48. The van der Waals surface area contributed by atoms with Crippen LogP contribution >= 0.6 is 0 Å². The second-order valence-electron chi connectivity index (χ2n) is 5.29. The van der Waals surface area contributed by atoms with Gasteiger partial charge in [-0.2, -0.15) is 0 Å². The van der Waals surface area contributed by atoms with Crippen LogP contribution in [-0.4, -0.2) is 12.5 Å². The highest BCUT2D eigenvalue weighted by molar-refractivity contribution is 5.36. The van der Waals surface area contributed by atoms with Gasteiger partial charge in [-0.25, -0.2) is 0 Å². The molecule has 3 nitrogen and oxygen atoms in total. The van der Waals surface area contributed by atoms with Crippen LogP contribution < -0.4 is 5.48 Å². The maximum Gasteiger partial charge on any atom is 0.312 e. The van der Waals surface area contributed by atoms with Gasteiger partial charge < -0.3 is 4.84 Å². The van der Waals surface area contributed by atoms with Crippen molar-refractivity contribution in [1.29, 1.82) is 0 Å². The van der Waals surface area contributed by atoms with Gasteiger partial charge in [0.05, 0.1) is 0 Å². The molecule has 1 N–H and O–H groups in total. The summed E-state index contributed by atoms with van der Waals surface area (Å²) in [5.74, 6) is 3.50. The molecule has 4 bridgehead atoms. The third-order valence-electron chi connectivity index (χ3n) is 4.48. The van der Waals surface area contributed by atoms with E-state index < -0.39 is 0 Å². The van der Waals surface area contributed by atoms with Crippen molar-refractivity contribution < 1.29 is 9.63 Å². The molecule has 4 saturated carbocycles. The van der Waals surface area contributed by atoms with E-state index in [9.17, 15) is 4.79 Å². The predicted molar refractivity (Wildman–Crippen MR) is 51.1 cm³/mol. The summed E-state index contributed by atoms with van der Waals surface area (Å²) in [6.07, 6.45) is 6.88. The lowest BCUT2D eigenvalue weighted by Crippen LogP contribution is -2.54. The zero-order valence-corrected chi connectivity index (χ0v) is 8.32. The van der Waals surface area contributed by atoms with E-state index in [1.807, 2.05) is 0 Å². The molecule has 0 saturated heterocycles. The second-order valence-corrected chi connectivity index (χ2v) is 5.29. The zero-order valence-electron chi connectivity index (χ0n) is 8.32. The Hall–Kier alpha value is -0.570. The molecule has 0 radical (unpaired) electrons. The summed E-state index contributed by atoms with van der Waals surface area (Å²) in [6, 6.07) is 0.452. The fourth-order valence-corrected chi connectivity index (χ4v) is 4.22. The van der Waals surface area contributed by atoms with E-state index in [0.717, 1.165) is 23.7 Å². The van der Waals surface area contributed by atoms with Crippen molar-refractivity contribution in [3.05, 3.63) is 0 Å². The summed E-state index contributed by atoms with van der Waals surface area (Å²) < 4.78 is 0. The van der Waals surface area contributed by atoms with Crippen LogP contribution in [0, 0.1) is 23.7 Å². The first-order valence-corrected chi connectivity index (χ1v) is 5.71. The lowest BCUT2D eigenvalue weighted by atomic mass is 9.54. The smallest absolute Gasteiger partial charge is 0.312 e. The Balaban J connectivity index is 1.71. The van der Waals surface area contributed by atoms with Crippen LogP contribution in [0.2, 0.25) is 0 Å². The van der Waals surface area contributed by atoms with Crippen molar-refractivity contribution in [2.75, 3.05) is 0 Å². The summed E-state index contributed by atoms with van der Waals surface area (Å²) in [7, 11) is 0. The van der Waals surface area contributed by atoms with Crippen molar-refractivity contribution >= 4 is 6.47 Å². The Morgan fingerprint density at radius 1 is 1.00 bits per heavy atom. The fraction of sp³-hybridized carbons (Fsp3) is 0.909. The van der Waals surface area contributed by atoms with Gasteiger partial charge in [-0.1, -0.05) is 0 Å². The van der Waals surface area contributed by atoms with Crippen molar-refractivity contribution in [2.24, 2.45) is 23.7 Å². The highest BCUT2D eigenvalue weighted by atomic mass is 16.7. The summed E-state index contributed by atoms with van der Waals surface area (Å²) >= 11 is 0. The van der Waals surface area contributed by atoms with Crippen molar-refractivity contribution in [3.63, 3.8) is 0 Å². The van der Waals surface area contributed by atoms with E-state index in [0.29, 0.717) is 12.5 Å². The van der Waals surface area contributed by atoms with Gasteiger partial charge in [-0.05, 0) is 55.8 Å². The first kappa shape index (κ1) is 8.72. The second kappa shape index (κ2) is 3.23. The number of hydroxylamine groups is 1. The molecular weight excluding hydrogens is 178 g/mol. The van der Waals surface area contributed by atoms with E-state index in [4.69, 9.17) is 4.84 Å². The predicted octanol–water partition coefficient (Wildman–Crippen LogP) is 1.49. The fourth-order valence-electron chi connectivity index (χ4n) is 4.22. The Labute approximate surface area is 84.2 Å². The summed E-state index contributed by atoms with van der Waals surface area (Å²) in [5, 5.41) is 0. The van der Waals surface area contributed by atoms with Crippen LogP contribution in [0.5, 0.6) is 0 Å². The molecule has 0 aliphatic heterocycles. The summed E-state index contributed by atoms with van der Waals surface area (Å²) in [5.41, 5.74) is 2.95. The minimum Gasteiger partial charge on any atom is -0.373 e. The first-order chi connectivity index (χ1) is 6.86. The van der Waals surface area contributed by atoms with Crippen LogP contribution in [0.3, 0.4) is 0 Å². The number of rotatable bonds is 3. The van der Waals surface area contributed by atoms with Crippen LogP contribution in [0.4, 0.5) is 0 Å². The largest absolute Gasteiger partial charge is 0.373 e. The third kappa shape index (κ3) is 1.26. The zero-order chi connectivity index (χ0) is 9.54. The maximum absolute atomic E-state index is 10.2. The molecule has 0 unspecified atom stereocenters. The average Bonchev–Trinajstić information content (AvgIpc) is 2.15. The SMILES string of the molecule is O=CONC1C2CC3CC(C2)CC1C3. The molecule has 3 heteroatoms. The quantitative estimate of drug-likeness (QED) is 0.547.